The molecule has 4 heteroatoms. The first-order chi connectivity index (χ1) is 11.2. The Kier molecular flexibility index (Phi) is 5.34. The fraction of sp³-hybridized carbons (Fsp3) is 0.632. The predicted molar refractivity (Wildman–Crippen MR) is 91.8 cm³/mol. The summed E-state index contributed by atoms with van der Waals surface area (Å²) in [6, 6.07) is 8.05. The number of carbonyl (C=O) groups excluding carboxylic acids is 1. The van der Waals surface area contributed by atoms with Gasteiger partial charge >= 0.3 is 0 Å². The standard InChI is InChI=1S/C19H28N2O2/c1-2-23-14-19(9-5-10-19)13-21-18(22)17-7-4-3-6-16(17)15-8-11-20-12-15/h3-4,6-7,15,20H,2,5,8-14H2,1H3,(H,21,22)/t15-/m1/s1. The van der Waals surface area contributed by atoms with Crippen molar-refractivity contribution in [1.29, 1.82) is 0 Å². The predicted octanol–water partition coefficient (Wildman–Crippen LogP) is 2.70. The molecule has 0 aromatic heterocycles. The highest BCUT2D eigenvalue weighted by molar-refractivity contribution is 5.95. The zero-order chi connectivity index (χ0) is 16.1. The molecule has 1 heterocycles. The largest absolute Gasteiger partial charge is 0.381 e. The van der Waals surface area contributed by atoms with Crippen LogP contribution in [0.3, 0.4) is 0 Å². The third-order valence-electron chi connectivity index (χ3n) is 5.36. The highest BCUT2D eigenvalue weighted by Crippen LogP contribution is 2.40. The average Bonchev–Trinajstić information content (AvgIpc) is 3.07. The summed E-state index contributed by atoms with van der Waals surface area (Å²) in [5, 5.41) is 6.56. The molecule has 1 saturated carbocycles. The number of amides is 1. The molecule has 0 unspecified atom stereocenters. The van der Waals surface area contributed by atoms with Crippen molar-refractivity contribution in [3.8, 4) is 0 Å². The lowest BCUT2D eigenvalue weighted by molar-refractivity contribution is -0.000190. The summed E-state index contributed by atoms with van der Waals surface area (Å²) in [5.74, 6) is 0.522. The molecule has 1 aromatic rings. The SMILES string of the molecule is CCOCC1(CNC(=O)c2ccccc2[C@@H]2CCNC2)CCC1. The van der Waals surface area contributed by atoms with E-state index in [1.165, 1.54) is 12.0 Å². The van der Waals surface area contributed by atoms with Gasteiger partial charge in [0, 0.05) is 30.7 Å². The van der Waals surface area contributed by atoms with Crippen molar-refractivity contribution in [2.75, 3.05) is 32.8 Å². The number of carbonyl (C=O) groups is 1. The lowest BCUT2D eigenvalue weighted by Gasteiger charge is -2.41. The molecule has 0 bridgehead atoms. The maximum atomic E-state index is 12.7. The smallest absolute Gasteiger partial charge is 0.251 e. The van der Waals surface area contributed by atoms with Gasteiger partial charge in [-0.2, -0.15) is 0 Å². The Labute approximate surface area is 139 Å². The normalized spacial score (nSPS) is 22.6. The van der Waals surface area contributed by atoms with Crippen molar-refractivity contribution >= 4 is 5.91 Å². The number of rotatable bonds is 7. The van der Waals surface area contributed by atoms with Gasteiger partial charge in [0.05, 0.1) is 6.61 Å². The van der Waals surface area contributed by atoms with Crippen LogP contribution in [0, 0.1) is 5.41 Å². The summed E-state index contributed by atoms with van der Waals surface area (Å²) in [4.78, 5) is 12.7. The molecule has 2 fully saturated rings. The molecule has 1 aliphatic carbocycles. The molecule has 1 amide bonds. The van der Waals surface area contributed by atoms with E-state index < -0.39 is 0 Å². The monoisotopic (exact) mass is 316 g/mol. The third kappa shape index (κ3) is 3.75. The van der Waals surface area contributed by atoms with Crippen molar-refractivity contribution in [3.05, 3.63) is 35.4 Å². The number of nitrogens with one attached hydrogen (secondary N) is 2. The minimum Gasteiger partial charge on any atom is -0.381 e. The Morgan fingerprint density at radius 2 is 2.22 bits per heavy atom. The topological polar surface area (TPSA) is 50.4 Å². The maximum absolute atomic E-state index is 12.7. The first-order valence-corrected chi connectivity index (χ1v) is 8.90. The Morgan fingerprint density at radius 1 is 1.39 bits per heavy atom. The molecule has 0 radical (unpaired) electrons. The summed E-state index contributed by atoms with van der Waals surface area (Å²) < 4.78 is 5.62. The first kappa shape index (κ1) is 16.5. The van der Waals surface area contributed by atoms with Gasteiger partial charge in [-0.1, -0.05) is 24.6 Å². The van der Waals surface area contributed by atoms with Gasteiger partial charge in [-0.3, -0.25) is 4.79 Å². The highest BCUT2D eigenvalue weighted by atomic mass is 16.5. The Bertz CT molecular complexity index is 534. The number of ether oxygens (including phenoxy) is 1. The van der Waals surface area contributed by atoms with Gasteiger partial charge in [0.15, 0.2) is 0 Å². The average molecular weight is 316 g/mol. The van der Waals surface area contributed by atoms with E-state index >= 15 is 0 Å². The molecule has 23 heavy (non-hydrogen) atoms. The molecule has 2 aliphatic rings. The van der Waals surface area contributed by atoms with E-state index in [1.54, 1.807) is 0 Å². The van der Waals surface area contributed by atoms with Gasteiger partial charge in [-0.25, -0.2) is 0 Å². The summed E-state index contributed by atoms with van der Waals surface area (Å²) in [5.41, 5.74) is 2.18. The second-order valence-electron chi connectivity index (χ2n) is 6.95. The Balaban J connectivity index is 1.64. The fourth-order valence-corrected chi connectivity index (χ4v) is 3.71. The van der Waals surface area contributed by atoms with Crippen LogP contribution in [0.15, 0.2) is 24.3 Å². The van der Waals surface area contributed by atoms with E-state index in [-0.39, 0.29) is 11.3 Å². The van der Waals surface area contributed by atoms with Crippen molar-refractivity contribution in [2.45, 2.75) is 38.5 Å². The molecule has 4 nitrogen and oxygen atoms in total. The maximum Gasteiger partial charge on any atom is 0.251 e. The molecule has 3 rings (SSSR count). The van der Waals surface area contributed by atoms with Gasteiger partial charge in [0.2, 0.25) is 0 Å². The number of hydrogen-bond acceptors (Lipinski definition) is 3. The zero-order valence-corrected chi connectivity index (χ0v) is 14.1. The highest BCUT2D eigenvalue weighted by Gasteiger charge is 2.37. The van der Waals surface area contributed by atoms with E-state index in [4.69, 9.17) is 4.74 Å². The molecular weight excluding hydrogens is 288 g/mol. The van der Waals surface area contributed by atoms with Crippen LogP contribution in [0.25, 0.3) is 0 Å². The van der Waals surface area contributed by atoms with E-state index in [0.717, 1.165) is 57.7 Å². The number of hydrogen-bond donors (Lipinski definition) is 2. The molecule has 2 N–H and O–H groups in total. The summed E-state index contributed by atoms with van der Waals surface area (Å²) in [6.45, 7) is 6.27. The summed E-state index contributed by atoms with van der Waals surface area (Å²) in [7, 11) is 0. The molecule has 1 saturated heterocycles. The minimum atomic E-state index is 0.0651. The molecular formula is C19H28N2O2. The van der Waals surface area contributed by atoms with Crippen LogP contribution in [-0.2, 0) is 4.74 Å². The van der Waals surface area contributed by atoms with Crippen molar-refractivity contribution in [2.24, 2.45) is 5.41 Å². The zero-order valence-electron chi connectivity index (χ0n) is 14.1. The van der Waals surface area contributed by atoms with Crippen LogP contribution in [0.2, 0.25) is 0 Å². The van der Waals surface area contributed by atoms with Gasteiger partial charge in [0.1, 0.15) is 0 Å². The Morgan fingerprint density at radius 3 is 2.87 bits per heavy atom. The van der Waals surface area contributed by atoms with Crippen LogP contribution in [0.5, 0.6) is 0 Å². The van der Waals surface area contributed by atoms with Crippen LogP contribution >= 0.6 is 0 Å². The third-order valence-corrected chi connectivity index (χ3v) is 5.36. The second kappa shape index (κ2) is 7.45. The van der Waals surface area contributed by atoms with Gasteiger partial charge < -0.3 is 15.4 Å². The molecule has 1 aromatic carbocycles. The van der Waals surface area contributed by atoms with Gasteiger partial charge in [-0.15, -0.1) is 0 Å². The lowest BCUT2D eigenvalue weighted by atomic mass is 9.69. The molecule has 1 atom stereocenters. The van der Waals surface area contributed by atoms with E-state index in [9.17, 15) is 4.79 Å². The van der Waals surface area contributed by atoms with Crippen molar-refractivity contribution in [3.63, 3.8) is 0 Å². The molecule has 0 spiro atoms. The minimum absolute atomic E-state index is 0.0651. The fourth-order valence-electron chi connectivity index (χ4n) is 3.71. The van der Waals surface area contributed by atoms with E-state index in [1.807, 2.05) is 25.1 Å². The first-order valence-electron chi connectivity index (χ1n) is 8.90. The Hall–Kier alpha value is -1.39. The van der Waals surface area contributed by atoms with E-state index in [2.05, 4.69) is 16.7 Å². The van der Waals surface area contributed by atoms with Crippen LogP contribution < -0.4 is 10.6 Å². The van der Waals surface area contributed by atoms with Crippen molar-refractivity contribution in [1.82, 2.24) is 10.6 Å². The molecule has 1 aliphatic heterocycles. The summed E-state index contributed by atoms with van der Waals surface area (Å²) >= 11 is 0. The van der Waals surface area contributed by atoms with E-state index in [0.29, 0.717) is 5.92 Å². The van der Waals surface area contributed by atoms with Crippen LogP contribution in [0.1, 0.15) is 54.4 Å². The van der Waals surface area contributed by atoms with Crippen LogP contribution in [0.4, 0.5) is 0 Å². The quantitative estimate of drug-likeness (QED) is 0.813. The summed E-state index contributed by atoms with van der Waals surface area (Å²) in [6.07, 6.45) is 4.66. The number of benzene rings is 1. The van der Waals surface area contributed by atoms with Crippen molar-refractivity contribution < 1.29 is 9.53 Å². The molecule has 126 valence electrons. The van der Waals surface area contributed by atoms with Gasteiger partial charge in [-0.05, 0) is 50.3 Å². The lowest BCUT2D eigenvalue weighted by Crippen LogP contribution is -2.45. The van der Waals surface area contributed by atoms with Gasteiger partial charge in [0.25, 0.3) is 5.91 Å². The second-order valence-corrected chi connectivity index (χ2v) is 6.95. The van der Waals surface area contributed by atoms with Crippen LogP contribution in [-0.4, -0.2) is 38.8 Å².